The number of carboxylic acid groups (broad SMARTS) is 1. The van der Waals surface area contributed by atoms with Gasteiger partial charge in [0.1, 0.15) is 5.82 Å². The predicted octanol–water partition coefficient (Wildman–Crippen LogP) is 3.62. The van der Waals surface area contributed by atoms with E-state index in [0.717, 1.165) is 31.7 Å². The first-order valence-corrected chi connectivity index (χ1v) is 9.66. The SMILES string of the molecule is O=C(O)Oc1cn(C2CC2)c2c(Cl)c(N3CC(=NO)C4(CC4)C3)c(F)cc2c1=O. The van der Waals surface area contributed by atoms with Crippen molar-refractivity contribution in [2.75, 3.05) is 18.0 Å². The van der Waals surface area contributed by atoms with E-state index < -0.39 is 17.4 Å². The number of oxime groups is 1. The van der Waals surface area contributed by atoms with Crippen molar-refractivity contribution in [3.05, 3.63) is 33.3 Å². The zero-order valence-corrected chi connectivity index (χ0v) is 15.9. The van der Waals surface area contributed by atoms with Crippen molar-refractivity contribution in [1.82, 2.24) is 4.57 Å². The minimum Gasteiger partial charge on any atom is -0.449 e. The van der Waals surface area contributed by atoms with Gasteiger partial charge in [-0.3, -0.25) is 4.79 Å². The van der Waals surface area contributed by atoms with Crippen LogP contribution >= 0.6 is 11.6 Å². The van der Waals surface area contributed by atoms with E-state index in [-0.39, 0.29) is 39.8 Å². The molecule has 2 saturated carbocycles. The molecule has 10 heteroatoms. The standard InChI is InChI=1S/C19H17ClFN3O5/c20-14-15-10(17(25)12(29-18(26)27)6-24(15)9-1-2-9)5-11(21)16(14)23-7-13(22-28)19(8-23)3-4-19/h5-6,9,28H,1-4,7-8H2,(H,26,27). The Hall–Kier alpha value is -2.81. The van der Waals surface area contributed by atoms with Gasteiger partial charge in [-0.2, -0.15) is 0 Å². The van der Waals surface area contributed by atoms with Crippen LogP contribution in [0.1, 0.15) is 31.7 Å². The van der Waals surface area contributed by atoms with E-state index in [1.807, 2.05) is 0 Å². The molecule has 3 aliphatic rings. The molecule has 0 amide bonds. The summed E-state index contributed by atoms with van der Waals surface area (Å²) in [6, 6.07) is 1.12. The maximum atomic E-state index is 15.1. The monoisotopic (exact) mass is 421 g/mol. The molecule has 2 aromatic rings. The van der Waals surface area contributed by atoms with Gasteiger partial charge in [0.05, 0.1) is 40.1 Å². The summed E-state index contributed by atoms with van der Waals surface area (Å²) in [7, 11) is 0. The summed E-state index contributed by atoms with van der Waals surface area (Å²) in [5.41, 5.74) is 0.161. The molecular formula is C19H17ClFN3O5. The molecule has 1 saturated heterocycles. The number of hydrogen-bond acceptors (Lipinski definition) is 6. The Bertz CT molecular complexity index is 1150. The highest BCUT2D eigenvalue weighted by molar-refractivity contribution is 6.38. The Morgan fingerprint density at radius 1 is 1.38 bits per heavy atom. The second-order valence-electron chi connectivity index (χ2n) is 7.93. The second kappa shape index (κ2) is 6.09. The summed E-state index contributed by atoms with van der Waals surface area (Å²) in [6.07, 6.45) is 3.13. The number of ether oxygens (including phenoxy) is 1. The average molecular weight is 422 g/mol. The molecule has 0 bridgehead atoms. The molecule has 1 spiro atoms. The van der Waals surface area contributed by atoms with Crippen LogP contribution in [-0.2, 0) is 0 Å². The Labute approximate surface area is 168 Å². The molecule has 1 aromatic heterocycles. The van der Waals surface area contributed by atoms with E-state index in [9.17, 15) is 14.8 Å². The fraction of sp³-hybridized carbons (Fsp3) is 0.421. The van der Waals surface area contributed by atoms with Crippen molar-refractivity contribution in [1.29, 1.82) is 0 Å². The summed E-state index contributed by atoms with van der Waals surface area (Å²) < 4.78 is 21.4. The van der Waals surface area contributed by atoms with Gasteiger partial charge < -0.3 is 24.5 Å². The highest BCUT2D eigenvalue weighted by Crippen LogP contribution is 2.53. The van der Waals surface area contributed by atoms with Crippen LogP contribution in [0.4, 0.5) is 14.9 Å². The van der Waals surface area contributed by atoms with Gasteiger partial charge in [-0.05, 0) is 31.7 Å². The smallest absolute Gasteiger partial charge is 0.449 e. The number of halogens is 2. The van der Waals surface area contributed by atoms with Gasteiger partial charge in [0, 0.05) is 18.0 Å². The van der Waals surface area contributed by atoms with Gasteiger partial charge in [0.15, 0.2) is 5.75 Å². The lowest BCUT2D eigenvalue weighted by atomic mass is 10.1. The summed E-state index contributed by atoms with van der Waals surface area (Å²) in [4.78, 5) is 25.4. The van der Waals surface area contributed by atoms with E-state index >= 15 is 4.39 Å². The molecule has 5 rings (SSSR count). The zero-order chi connectivity index (χ0) is 20.5. The van der Waals surface area contributed by atoms with Crippen LogP contribution in [0.2, 0.25) is 5.02 Å². The number of pyridine rings is 1. The number of fused-ring (bicyclic) bond motifs is 1. The van der Waals surface area contributed by atoms with Gasteiger partial charge in [-0.15, -0.1) is 0 Å². The Balaban J connectivity index is 1.71. The molecule has 0 radical (unpaired) electrons. The summed E-state index contributed by atoms with van der Waals surface area (Å²) in [6.45, 7) is 0.745. The minimum atomic E-state index is -1.62. The fourth-order valence-electron chi connectivity index (χ4n) is 4.26. The number of anilines is 1. The summed E-state index contributed by atoms with van der Waals surface area (Å²) >= 11 is 6.64. The van der Waals surface area contributed by atoms with Crippen molar-refractivity contribution in [3.63, 3.8) is 0 Å². The largest absolute Gasteiger partial charge is 0.511 e. The Kier molecular flexibility index (Phi) is 3.83. The number of nitrogens with zero attached hydrogens (tertiary/aromatic N) is 3. The second-order valence-corrected chi connectivity index (χ2v) is 8.31. The van der Waals surface area contributed by atoms with E-state index in [0.29, 0.717) is 17.8 Å². The normalized spacial score (nSPS) is 21.3. The van der Waals surface area contributed by atoms with Crippen molar-refractivity contribution in [2.45, 2.75) is 31.7 Å². The molecule has 152 valence electrons. The summed E-state index contributed by atoms with van der Waals surface area (Å²) in [5, 5.41) is 21.7. The number of rotatable bonds is 3. The molecule has 2 aliphatic carbocycles. The first-order chi connectivity index (χ1) is 13.8. The summed E-state index contributed by atoms with van der Waals surface area (Å²) in [5.74, 6) is -1.07. The fourth-order valence-corrected chi connectivity index (χ4v) is 4.67. The number of aromatic nitrogens is 1. The highest BCUT2D eigenvalue weighted by Gasteiger charge is 2.54. The zero-order valence-electron chi connectivity index (χ0n) is 15.2. The third-order valence-corrected chi connectivity index (χ3v) is 6.38. The molecular weight excluding hydrogens is 405 g/mol. The predicted molar refractivity (Wildman–Crippen MR) is 103 cm³/mol. The number of carbonyl (C=O) groups is 1. The van der Waals surface area contributed by atoms with E-state index in [1.165, 1.54) is 6.20 Å². The molecule has 1 aliphatic heterocycles. The minimum absolute atomic E-state index is 0.0294. The Morgan fingerprint density at radius 3 is 2.66 bits per heavy atom. The molecule has 2 N–H and O–H groups in total. The Morgan fingerprint density at radius 2 is 2.10 bits per heavy atom. The van der Waals surface area contributed by atoms with Crippen molar-refractivity contribution >= 4 is 40.1 Å². The van der Waals surface area contributed by atoms with Crippen LogP contribution in [-0.4, -0.2) is 39.8 Å². The van der Waals surface area contributed by atoms with Crippen LogP contribution in [0.25, 0.3) is 10.9 Å². The first-order valence-electron chi connectivity index (χ1n) is 9.28. The molecule has 2 heterocycles. The highest BCUT2D eigenvalue weighted by atomic mass is 35.5. The van der Waals surface area contributed by atoms with Crippen molar-refractivity contribution in [3.8, 4) is 5.75 Å². The maximum Gasteiger partial charge on any atom is 0.511 e. The number of hydrogen-bond donors (Lipinski definition) is 2. The van der Waals surface area contributed by atoms with E-state index in [2.05, 4.69) is 9.89 Å². The van der Waals surface area contributed by atoms with Gasteiger partial charge >= 0.3 is 6.16 Å². The molecule has 0 unspecified atom stereocenters. The topological polar surface area (TPSA) is 104 Å². The van der Waals surface area contributed by atoms with Crippen LogP contribution in [0.5, 0.6) is 5.75 Å². The van der Waals surface area contributed by atoms with Gasteiger partial charge in [0.2, 0.25) is 5.43 Å². The quantitative estimate of drug-likeness (QED) is 0.445. The molecule has 8 nitrogen and oxygen atoms in total. The first kappa shape index (κ1) is 18.2. The van der Waals surface area contributed by atoms with E-state index in [4.69, 9.17) is 16.7 Å². The molecule has 3 fully saturated rings. The van der Waals surface area contributed by atoms with Crippen LogP contribution in [0.3, 0.4) is 0 Å². The molecule has 29 heavy (non-hydrogen) atoms. The lowest BCUT2D eigenvalue weighted by Gasteiger charge is -2.23. The van der Waals surface area contributed by atoms with Crippen molar-refractivity contribution in [2.24, 2.45) is 10.6 Å². The van der Waals surface area contributed by atoms with Gasteiger partial charge in [-0.25, -0.2) is 9.18 Å². The average Bonchev–Trinajstić information content (AvgIpc) is 3.56. The molecule has 1 aromatic carbocycles. The van der Waals surface area contributed by atoms with Gasteiger partial charge in [-0.1, -0.05) is 16.8 Å². The maximum absolute atomic E-state index is 15.1. The lowest BCUT2D eigenvalue weighted by molar-refractivity contribution is 0.143. The molecule has 0 atom stereocenters. The number of benzene rings is 1. The van der Waals surface area contributed by atoms with Crippen LogP contribution in [0.15, 0.2) is 22.2 Å². The van der Waals surface area contributed by atoms with Gasteiger partial charge in [0.25, 0.3) is 0 Å². The lowest BCUT2D eigenvalue weighted by Crippen LogP contribution is -2.23. The van der Waals surface area contributed by atoms with E-state index in [1.54, 1.807) is 9.47 Å². The van der Waals surface area contributed by atoms with Crippen LogP contribution < -0.4 is 15.1 Å². The van der Waals surface area contributed by atoms with Crippen LogP contribution in [0, 0.1) is 11.2 Å². The van der Waals surface area contributed by atoms with Crippen molar-refractivity contribution < 1.29 is 24.2 Å². The third-order valence-electron chi connectivity index (χ3n) is 6.03. The third kappa shape index (κ3) is 2.75.